The van der Waals surface area contributed by atoms with Crippen molar-refractivity contribution in [3.8, 4) is 5.75 Å². The van der Waals surface area contributed by atoms with Crippen molar-refractivity contribution in [3.63, 3.8) is 0 Å². The van der Waals surface area contributed by atoms with Crippen LogP contribution >= 0.6 is 0 Å². The van der Waals surface area contributed by atoms with Crippen LogP contribution in [-0.4, -0.2) is 54.4 Å². The highest BCUT2D eigenvalue weighted by atomic mass is 19.4. The lowest BCUT2D eigenvalue weighted by Crippen LogP contribution is -2.57. The van der Waals surface area contributed by atoms with Gasteiger partial charge in [0, 0.05) is 31.3 Å². The smallest absolute Gasteiger partial charge is 0.416 e. The van der Waals surface area contributed by atoms with Crippen molar-refractivity contribution in [2.24, 2.45) is 0 Å². The molecule has 0 unspecified atom stereocenters. The van der Waals surface area contributed by atoms with Crippen LogP contribution in [-0.2, 0) is 23.6 Å². The summed E-state index contributed by atoms with van der Waals surface area (Å²) in [6.07, 6.45) is -6.93. The van der Waals surface area contributed by atoms with Crippen LogP contribution in [0.3, 0.4) is 0 Å². The Balaban J connectivity index is 1.64. The predicted octanol–water partition coefficient (Wildman–Crippen LogP) is 6.96. The molecule has 1 saturated heterocycles. The standard InChI is InChI=1S/C32H30F6N2O3/c1-20-4-5-23(14-21(20)2)15-27-19-39(29(41)11-8-22-6-9-28(43-3)10-7-22)12-13-40(27)30(42)24-16-25(31(33,34)35)18-26(17-24)32(36,37)38/h4-11,14,16-18,27H,12-13,15,19H2,1-3H3/b11-8+/t27-/m1/s1. The number of hydrogen-bond donors (Lipinski definition) is 0. The summed E-state index contributed by atoms with van der Waals surface area (Å²) in [7, 11) is 1.54. The first-order valence-electron chi connectivity index (χ1n) is 13.4. The fraction of sp³-hybridized carbons (Fsp3) is 0.312. The van der Waals surface area contributed by atoms with E-state index in [2.05, 4.69) is 0 Å². The Morgan fingerprint density at radius 3 is 2.05 bits per heavy atom. The maximum Gasteiger partial charge on any atom is 0.416 e. The van der Waals surface area contributed by atoms with Crippen LogP contribution < -0.4 is 4.74 Å². The Bertz CT molecular complexity index is 1480. The molecule has 1 atom stereocenters. The van der Waals surface area contributed by atoms with Crippen LogP contribution in [0.1, 0.15) is 43.7 Å². The first kappa shape index (κ1) is 31.7. The zero-order valence-electron chi connectivity index (χ0n) is 23.7. The number of nitrogens with zero attached hydrogens (tertiary/aromatic N) is 2. The molecule has 1 heterocycles. The van der Waals surface area contributed by atoms with Crippen molar-refractivity contribution in [1.82, 2.24) is 9.80 Å². The number of benzene rings is 3. The van der Waals surface area contributed by atoms with Crippen molar-refractivity contribution < 1.29 is 40.7 Å². The molecule has 0 saturated carbocycles. The van der Waals surface area contributed by atoms with Crippen LogP contribution in [0.15, 0.2) is 66.7 Å². The van der Waals surface area contributed by atoms with Crippen LogP contribution in [0.2, 0.25) is 0 Å². The summed E-state index contributed by atoms with van der Waals surface area (Å²) in [5.74, 6) is -0.653. The molecule has 3 aromatic rings. The molecule has 228 valence electrons. The summed E-state index contributed by atoms with van der Waals surface area (Å²) >= 11 is 0. The minimum atomic E-state index is -5.09. The van der Waals surface area contributed by atoms with Gasteiger partial charge in [0.05, 0.1) is 24.3 Å². The lowest BCUT2D eigenvalue weighted by molar-refractivity contribution is -0.143. The molecule has 43 heavy (non-hydrogen) atoms. The SMILES string of the molecule is COc1ccc(/C=C/C(=O)N2CCN(C(=O)c3cc(C(F)(F)F)cc(C(F)(F)F)c3)[C@H](Cc3ccc(C)c(C)c3)C2)cc1. The van der Waals surface area contributed by atoms with Crippen molar-refractivity contribution in [1.29, 1.82) is 0 Å². The number of amides is 2. The number of ether oxygens (including phenoxy) is 1. The third kappa shape index (κ3) is 7.77. The Kier molecular flexibility index (Phi) is 9.22. The number of carbonyl (C=O) groups excluding carboxylic acids is 2. The summed E-state index contributed by atoms with van der Waals surface area (Å²) in [4.78, 5) is 29.5. The lowest BCUT2D eigenvalue weighted by atomic mass is 9.97. The average Bonchev–Trinajstić information content (AvgIpc) is 2.96. The van der Waals surface area contributed by atoms with E-state index in [9.17, 15) is 35.9 Å². The number of halogens is 6. The van der Waals surface area contributed by atoms with Crippen LogP contribution in [0.4, 0.5) is 26.3 Å². The largest absolute Gasteiger partial charge is 0.497 e. The van der Waals surface area contributed by atoms with Crippen LogP contribution in [0.25, 0.3) is 6.08 Å². The third-order valence-electron chi connectivity index (χ3n) is 7.47. The van der Waals surface area contributed by atoms with Gasteiger partial charge < -0.3 is 14.5 Å². The molecule has 11 heteroatoms. The highest BCUT2D eigenvalue weighted by Gasteiger charge is 2.39. The minimum absolute atomic E-state index is 0.00486. The molecule has 0 spiro atoms. The molecule has 0 radical (unpaired) electrons. The number of hydrogen-bond acceptors (Lipinski definition) is 3. The maximum atomic E-state index is 13.6. The second kappa shape index (κ2) is 12.5. The topological polar surface area (TPSA) is 49.9 Å². The fourth-order valence-electron chi connectivity index (χ4n) is 4.93. The lowest BCUT2D eigenvalue weighted by Gasteiger charge is -2.41. The van der Waals surface area contributed by atoms with E-state index >= 15 is 0 Å². The monoisotopic (exact) mass is 604 g/mol. The minimum Gasteiger partial charge on any atom is -0.497 e. The van der Waals surface area contributed by atoms with Gasteiger partial charge in [0.15, 0.2) is 0 Å². The number of rotatable bonds is 6. The number of piperazine rings is 1. The number of alkyl halides is 6. The number of aryl methyl sites for hydroxylation is 2. The molecule has 0 N–H and O–H groups in total. The summed E-state index contributed by atoms with van der Waals surface area (Å²) in [6, 6.07) is 12.9. The quantitative estimate of drug-likeness (QED) is 0.226. The molecule has 0 bridgehead atoms. The maximum absolute atomic E-state index is 13.6. The van der Waals surface area contributed by atoms with Gasteiger partial charge in [-0.05, 0) is 78.9 Å². The Morgan fingerprint density at radius 2 is 1.49 bits per heavy atom. The molecule has 0 aromatic heterocycles. The Hall–Kier alpha value is -4.28. The first-order chi connectivity index (χ1) is 20.2. The molecule has 1 aliphatic rings. The van der Waals surface area contributed by atoms with E-state index in [1.807, 2.05) is 32.0 Å². The molecule has 4 rings (SSSR count). The van der Waals surface area contributed by atoms with Gasteiger partial charge in [-0.2, -0.15) is 26.3 Å². The van der Waals surface area contributed by atoms with E-state index in [-0.39, 0.29) is 38.0 Å². The first-order valence-corrected chi connectivity index (χ1v) is 13.4. The van der Waals surface area contributed by atoms with Crippen molar-refractivity contribution in [2.75, 3.05) is 26.7 Å². The van der Waals surface area contributed by atoms with E-state index in [4.69, 9.17) is 4.74 Å². The highest BCUT2D eigenvalue weighted by Crippen LogP contribution is 2.37. The van der Waals surface area contributed by atoms with E-state index in [0.29, 0.717) is 17.9 Å². The number of methoxy groups -OCH3 is 1. The van der Waals surface area contributed by atoms with Crippen molar-refractivity contribution in [2.45, 2.75) is 38.7 Å². The normalized spacial score (nSPS) is 16.1. The van der Waals surface area contributed by atoms with Crippen molar-refractivity contribution >= 4 is 17.9 Å². The van der Waals surface area contributed by atoms with Gasteiger partial charge in [-0.25, -0.2) is 0 Å². The van der Waals surface area contributed by atoms with Gasteiger partial charge in [-0.1, -0.05) is 30.3 Å². The zero-order valence-corrected chi connectivity index (χ0v) is 23.7. The molecule has 5 nitrogen and oxygen atoms in total. The molecule has 2 amide bonds. The molecular formula is C32H30F6N2O3. The molecular weight excluding hydrogens is 574 g/mol. The molecule has 1 fully saturated rings. The summed E-state index contributed by atoms with van der Waals surface area (Å²) in [6.45, 7) is 3.84. The van der Waals surface area contributed by atoms with Crippen LogP contribution in [0.5, 0.6) is 5.75 Å². The summed E-state index contributed by atoms with van der Waals surface area (Å²) in [5.41, 5.74) is -0.263. The summed E-state index contributed by atoms with van der Waals surface area (Å²) < 4.78 is 86.1. The fourth-order valence-corrected chi connectivity index (χ4v) is 4.93. The molecule has 0 aliphatic carbocycles. The van der Waals surface area contributed by atoms with Crippen LogP contribution in [0, 0.1) is 13.8 Å². The molecule has 1 aliphatic heterocycles. The van der Waals surface area contributed by atoms with E-state index in [1.165, 1.54) is 23.0 Å². The van der Waals surface area contributed by atoms with Gasteiger partial charge >= 0.3 is 12.4 Å². The Morgan fingerprint density at radius 1 is 0.860 bits per heavy atom. The van der Waals surface area contributed by atoms with Gasteiger partial charge in [0.2, 0.25) is 5.91 Å². The second-order valence-corrected chi connectivity index (χ2v) is 10.5. The van der Waals surface area contributed by atoms with Crippen molar-refractivity contribution in [3.05, 3.63) is 106 Å². The Labute approximate surface area is 245 Å². The van der Waals surface area contributed by atoms with E-state index in [0.717, 1.165) is 22.3 Å². The van der Waals surface area contributed by atoms with Gasteiger partial charge in [0.1, 0.15) is 5.75 Å². The average molecular weight is 605 g/mol. The second-order valence-electron chi connectivity index (χ2n) is 10.5. The zero-order chi connectivity index (χ0) is 31.5. The van der Waals surface area contributed by atoms with Gasteiger partial charge in [-0.3, -0.25) is 9.59 Å². The van der Waals surface area contributed by atoms with Gasteiger partial charge in [-0.15, -0.1) is 0 Å². The van der Waals surface area contributed by atoms with Gasteiger partial charge in [0.25, 0.3) is 5.91 Å². The molecule has 3 aromatic carbocycles. The highest BCUT2D eigenvalue weighted by molar-refractivity contribution is 5.96. The third-order valence-corrected chi connectivity index (χ3v) is 7.47. The number of carbonyl (C=O) groups is 2. The van der Waals surface area contributed by atoms with E-state index < -0.39 is 41.0 Å². The summed E-state index contributed by atoms with van der Waals surface area (Å²) in [5, 5.41) is 0. The van der Waals surface area contributed by atoms with E-state index in [1.54, 1.807) is 30.3 Å². The predicted molar refractivity (Wildman–Crippen MR) is 149 cm³/mol.